The number of fused-ring (bicyclic) bond motifs is 1. The second kappa shape index (κ2) is 23.0. The molecular weight excluding hydrogens is 867 g/mol. The number of hydrogen-bond donors (Lipinski definition) is 0. The van der Waals surface area contributed by atoms with Gasteiger partial charge in [0.2, 0.25) is 0 Å². The molecule has 7 rings (SSSR count). The Balaban J connectivity index is 0.916. The quantitative estimate of drug-likeness (QED) is 0.0740. The van der Waals surface area contributed by atoms with Crippen LogP contribution in [-0.2, 0) is 28.7 Å². The van der Waals surface area contributed by atoms with Crippen LogP contribution in [0.2, 0.25) is 0 Å². The van der Waals surface area contributed by atoms with Gasteiger partial charge in [0.15, 0.2) is 11.5 Å². The number of unbranched alkanes of at least 4 members (excludes halogenated alkanes) is 4. The van der Waals surface area contributed by atoms with Crippen molar-refractivity contribution in [3.05, 3.63) is 40.9 Å². The molecule has 0 radical (unpaired) electrons. The number of halogens is 1. The van der Waals surface area contributed by atoms with Crippen LogP contribution >= 0.6 is 27.3 Å². The Morgan fingerprint density at radius 2 is 0.968 bits per heavy atom. The van der Waals surface area contributed by atoms with Crippen LogP contribution in [0.4, 0.5) is 0 Å². The Hall–Kier alpha value is -3.31. The third kappa shape index (κ3) is 12.7. The van der Waals surface area contributed by atoms with Gasteiger partial charge >= 0.3 is 23.9 Å². The van der Waals surface area contributed by atoms with E-state index in [9.17, 15) is 19.2 Å². The van der Waals surface area contributed by atoms with E-state index in [0.29, 0.717) is 78.1 Å². The normalized spacial score (nSPS) is 26.7. The van der Waals surface area contributed by atoms with Crippen molar-refractivity contribution >= 4 is 61.4 Å². The summed E-state index contributed by atoms with van der Waals surface area (Å²) in [6, 6.07) is 11.2. The first kappa shape index (κ1) is 46.7. The molecule has 1 aromatic heterocycles. The minimum Gasteiger partial charge on any atom is -0.462 e. The van der Waals surface area contributed by atoms with E-state index in [1.54, 1.807) is 12.1 Å². The summed E-state index contributed by atoms with van der Waals surface area (Å²) in [7, 11) is 0. The number of thiazole rings is 1. The molecule has 4 aliphatic rings. The van der Waals surface area contributed by atoms with Crippen LogP contribution in [0.1, 0.15) is 168 Å². The van der Waals surface area contributed by atoms with Gasteiger partial charge in [0.05, 0.1) is 23.7 Å². The maximum absolute atomic E-state index is 13.7. The standard InChI is InChI=1S/C51H68BrNO8S/c1-3-5-7-9-33-11-15-36(16-12-33)48(54)58-41-27-21-38(22-28-41)50(56)60-43-31-32-44(46-45(43)53-47(62-46)35-19-25-40(52)26-20-35)61-51(57)39-23-29-42(30-24-39)59-49(55)37-17-13-34(14-18-37)10-8-6-4-2/h19-20,25-26,31-34,36-39,41-42H,3-18,21-24,27-30H2,1-2H3. The first-order valence-corrected chi connectivity index (χ1v) is 25.8. The molecule has 1 heterocycles. The molecule has 9 nitrogen and oxygen atoms in total. The lowest BCUT2D eigenvalue weighted by atomic mass is 9.79. The molecule has 3 aromatic rings. The van der Waals surface area contributed by atoms with E-state index in [2.05, 4.69) is 29.8 Å². The van der Waals surface area contributed by atoms with E-state index in [1.807, 2.05) is 24.3 Å². The third-order valence-electron chi connectivity index (χ3n) is 14.4. The Kier molecular flexibility index (Phi) is 17.4. The van der Waals surface area contributed by atoms with Crippen LogP contribution in [0, 0.1) is 35.5 Å². The van der Waals surface area contributed by atoms with Gasteiger partial charge in [-0.2, -0.15) is 0 Å². The summed E-state index contributed by atoms with van der Waals surface area (Å²) in [6.07, 6.45) is 22.9. The first-order chi connectivity index (χ1) is 30.2. The van der Waals surface area contributed by atoms with Crippen molar-refractivity contribution in [2.45, 2.75) is 180 Å². The van der Waals surface area contributed by atoms with Gasteiger partial charge in [-0.05, 0) is 139 Å². The maximum Gasteiger partial charge on any atom is 0.314 e. The fourth-order valence-corrected chi connectivity index (χ4v) is 11.6. The molecule has 62 heavy (non-hydrogen) atoms. The highest BCUT2D eigenvalue weighted by atomic mass is 79.9. The molecule has 4 aliphatic carbocycles. The molecule has 338 valence electrons. The monoisotopic (exact) mass is 933 g/mol. The predicted molar refractivity (Wildman–Crippen MR) is 247 cm³/mol. The van der Waals surface area contributed by atoms with Crippen molar-refractivity contribution in [3.63, 3.8) is 0 Å². The van der Waals surface area contributed by atoms with Crippen LogP contribution in [0.25, 0.3) is 20.8 Å². The lowest BCUT2D eigenvalue weighted by molar-refractivity contribution is -0.159. The fraction of sp³-hybridized carbons (Fsp3) is 0.667. The molecule has 0 saturated heterocycles. The van der Waals surface area contributed by atoms with Crippen LogP contribution in [0.5, 0.6) is 11.5 Å². The number of hydrogen-bond acceptors (Lipinski definition) is 10. The lowest BCUT2D eigenvalue weighted by Gasteiger charge is -2.31. The number of carbonyl (C=O) groups is 4. The summed E-state index contributed by atoms with van der Waals surface area (Å²) in [6.45, 7) is 4.47. The summed E-state index contributed by atoms with van der Waals surface area (Å²) in [5, 5.41) is 0.716. The van der Waals surface area contributed by atoms with Crippen LogP contribution in [-0.4, -0.2) is 41.1 Å². The molecule has 0 N–H and O–H groups in total. The first-order valence-electron chi connectivity index (χ1n) is 24.2. The van der Waals surface area contributed by atoms with Crippen molar-refractivity contribution in [2.75, 3.05) is 0 Å². The molecule has 0 spiro atoms. The Bertz CT molecular complexity index is 1820. The number of benzene rings is 2. The van der Waals surface area contributed by atoms with Crippen LogP contribution in [0.3, 0.4) is 0 Å². The largest absolute Gasteiger partial charge is 0.462 e. The highest BCUT2D eigenvalue weighted by molar-refractivity contribution is 9.10. The highest BCUT2D eigenvalue weighted by Crippen LogP contribution is 2.43. The molecule has 2 aromatic carbocycles. The Labute approximate surface area is 381 Å². The molecule has 0 atom stereocenters. The van der Waals surface area contributed by atoms with Crippen molar-refractivity contribution < 1.29 is 38.1 Å². The van der Waals surface area contributed by atoms with Gasteiger partial charge in [-0.25, -0.2) is 4.98 Å². The zero-order valence-corrected chi connectivity index (χ0v) is 39.5. The zero-order valence-electron chi connectivity index (χ0n) is 37.1. The van der Waals surface area contributed by atoms with E-state index in [4.69, 9.17) is 23.9 Å². The Morgan fingerprint density at radius 3 is 1.44 bits per heavy atom. The average molecular weight is 935 g/mol. The topological polar surface area (TPSA) is 118 Å². The summed E-state index contributed by atoms with van der Waals surface area (Å²) in [5.41, 5.74) is 1.37. The van der Waals surface area contributed by atoms with Gasteiger partial charge in [0, 0.05) is 10.0 Å². The highest BCUT2D eigenvalue weighted by Gasteiger charge is 2.35. The molecule has 0 amide bonds. The maximum atomic E-state index is 13.7. The molecule has 4 fully saturated rings. The molecule has 0 aliphatic heterocycles. The van der Waals surface area contributed by atoms with Crippen molar-refractivity contribution in [1.29, 1.82) is 0 Å². The van der Waals surface area contributed by atoms with Gasteiger partial charge in [-0.1, -0.05) is 93.3 Å². The SMILES string of the molecule is CCCCCC1CCC(C(=O)OC2CCC(C(=O)Oc3ccc(OC(=O)C4CCC(OC(=O)C5CCC(CCCCC)CC5)CC4)c4sc(-c5ccc(Br)cc5)nc34)CC2)CC1. The van der Waals surface area contributed by atoms with Gasteiger partial charge in [-0.3, -0.25) is 19.2 Å². The fourth-order valence-electron chi connectivity index (χ4n) is 10.3. The molecule has 4 saturated carbocycles. The van der Waals surface area contributed by atoms with Crippen LogP contribution in [0.15, 0.2) is 40.9 Å². The van der Waals surface area contributed by atoms with Crippen molar-refractivity contribution in [1.82, 2.24) is 4.98 Å². The molecule has 0 unspecified atom stereocenters. The summed E-state index contributed by atoms with van der Waals surface area (Å²) < 4.78 is 25.8. The van der Waals surface area contributed by atoms with Gasteiger partial charge in [0.1, 0.15) is 27.4 Å². The van der Waals surface area contributed by atoms with Gasteiger partial charge in [0.25, 0.3) is 0 Å². The van der Waals surface area contributed by atoms with Gasteiger partial charge < -0.3 is 18.9 Å². The second-order valence-electron chi connectivity index (χ2n) is 18.9. The van der Waals surface area contributed by atoms with E-state index in [-0.39, 0.29) is 59.8 Å². The average Bonchev–Trinajstić information content (AvgIpc) is 3.75. The minimum atomic E-state index is -0.326. The molecular formula is C51H68BrNO8S. The number of esters is 4. The number of ether oxygens (including phenoxy) is 4. The van der Waals surface area contributed by atoms with E-state index in [1.165, 1.54) is 62.7 Å². The summed E-state index contributed by atoms with van der Waals surface area (Å²) in [5.74, 6) is 0.807. The van der Waals surface area contributed by atoms with Crippen molar-refractivity contribution in [3.8, 4) is 22.1 Å². The van der Waals surface area contributed by atoms with Crippen molar-refractivity contribution in [2.24, 2.45) is 35.5 Å². The Morgan fingerprint density at radius 1 is 0.548 bits per heavy atom. The van der Waals surface area contributed by atoms with E-state index < -0.39 is 0 Å². The second-order valence-corrected chi connectivity index (χ2v) is 20.8. The minimum absolute atomic E-state index is 0.00253. The zero-order chi connectivity index (χ0) is 43.4. The lowest BCUT2D eigenvalue weighted by Crippen LogP contribution is -2.32. The number of nitrogens with zero attached hydrogens (tertiary/aromatic N) is 1. The number of carbonyl (C=O) groups excluding carboxylic acids is 4. The van der Waals surface area contributed by atoms with E-state index >= 15 is 0 Å². The van der Waals surface area contributed by atoms with Crippen LogP contribution < -0.4 is 9.47 Å². The summed E-state index contributed by atoms with van der Waals surface area (Å²) in [4.78, 5) is 58.4. The van der Waals surface area contributed by atoms with E-state index in [0.717, 1.165) is 73.2 Å². The number of rotatable bonds is 17. The summed E-state index contributed by atoms with van der Waals surface area (Å²) >= 11 is 4.91. The van der Waals surface area contributed by atoms with Gasteiger partial charge in [-0.15, -0.1) is 11.3 Å². The third-order valence-corrected chi connectivity index (χ3v) is 16.0. The molecule has 0 bridgehead atoms. The molecule has 11 heteroatoms. The predicted octanol–water partition coefficient (Wildman–Crippen LogP) is 13.5. The number of aromatic nitrogens is 1. The smallest absolute Gasteiger partial charge is 0.314 e.